The fraction of sp³-hybridized carbons (Fsp3) is 0.0909. The molecule has 0 aromatic heterocycles. The molecule has 0 saturated carbocycles. The summed E-state index contributed by atoms with van der Waals surface area (Å²) >= 11 is 0. The molecule has 1 nitrogen and oxygen atoms in total. The number of anilines is 3. The van der Waals surface area contributed by atoms with Crippen LogP contribution in [0.25, 0.3) is 44.5 Å². The lowest BCUT2D eigenvalue weighted by Gasteiger charge is -2.34. The average Bonchev–Trinajstić information content (AvgIpc) is 3.94. The van der Waals surface area contributed by atoms with Crippen LogP contribution >= 0.6 is 0 Å². The van der Waals surface area contributed by atoms with E-state index in [9.17, 15) is 0 Å². The van der Waals surface area contributed by atoms with Crippen molar-refractivity contribution in [3.63, 3.8) is 0 Å². The summed E-state index contributed by atoms with van der Waals surface area (Å²) in [7, 11) is 0. The first-order valence-corrected chi connectivity index (χ1v) is 23.7. The molecular formula is C66H49N. The molecule has 1 atom stereocenters. The van der Waals surface area contributed by atoms with E-state index >= 15 is 0 Å². The van der Waals surface area contributed by atoms with Gasteiger partial charge in [-0.25, -0.2) is 0 Å². The van der Waals surface area contributed by atoms with Crippen molar-refractivity contribution in [2.75, 3.05) is 4.90 Å². The molecule has 318 valence electrons. The van der Waals surface area contributed by atoms with Crippen LogP contribution in [0.2, 0.25) is 0 Å². The summed E-state index contributed by atoms with van der Waals surface area (Å²) in [6, 6.07) is 90.8. The lowest BCUT2D eigenvalue weighted by atomic mass is 9.67. The number of hydrogen-bond acceptors (Lipinski definition) is 1. The monoisotopic (exact) mass is 855 g/mol. The molecule has 0 N–H and O–H groups in total. The minimum atomic E-state index is -0.461. The first kappa shape index (κ1) is 39.4. The number of hydrogen-bond donors (Lipinski definition) is 0. The maximum atomic E-state index is 2.56. The van der Waals surface area contributed by atoms with Gasteiger partial charge in [-0.3, -0.25) is 0 Å². The van der Waals surface area contributed by atoms with Crippen LogP contribution in [-0.2, 0) is 16.2 Å². The smallest absolute Gasteiger partial charge is 0.0713 e. The van der Waals surface area contributed by atoms with Gasteiger partial charge in [-0.05, 0) is 121 Å². The van der Waals surface area contributed by atoms with Crippen molar-refractivity contribution in [2.45, 2.75) is 37.0 Å². The Balaban J connectivity index is 1.02. The van der Waals surface area contributed by atoms with E-state index in [1.54, 1.807) is 0 Å². The van der Waals surface area contributed by atoms with Gasteiger partial charge in [-0.15, -0.1) is 0 Å². The molecule has 0 saturated heterocycles. The molecular weight excluding hydrogens is 807 g/mol. The Bertz CT molecular complexity index is 3510. The highest BCUT2D eigenvalue weighted by Crippen LogP contribution is 2.60. The zero-order valence-corrected chi connectivity index (χ0v) is 38.0. The van der Waals surface area contributed by atoms with E-state index in [2.05, 4.69) is 268 Å². The van der Waals surface area contributed by atoms with E-state index < -0.39 is 5.41 Å². The Morgan fingerprint density at radius 3 is 1.37 bits per heavy atom. The van der Waals surface area contributed by atoms with Crippen molar-refractivity contribution >= 4 is 17.1 Å². The fourth-order valence-electron chi connectivity index (χ4n) is 12.5. The summed E-state index contributed by atoms with van der Waals surface area (Å²) < 4.78 is 0. The summed E-state index contributed by atoms with van der Waals surface area (Å²) in [5.41, 5.74) is 24.6. The zero-order valence-electron chi connectivity index (χ0n) is 38.0. The minimum Gasteiger partial charge on any atom is -0.309 e. The van der Waals surface area contributed by atoms with Gasteiger partial charge in [0.05, 0.1) is 16.8 Å². The predicted octanol–water partition coefficient (Wildman–Crippen LogP) is 16.8. The third-order valence-electron chi connectivity index (χ3n) is 15.7. The molecule has 3 aliphatic carbocycles. The Kier molecular flexibility index (Phi) is 8.67. The fourth-order valence-corrected chi connectivity index (χ4v) is 12.5. The van der Waals surface area contributed by atoms with Crippen LogP contribution in [0.3, 0.4) is 0 Å². The van der Waals surface area contributed by atoms with E-state index in [-0.39, 0.29) is 10.8 Å². The molecule has 1 heteroatoms. The Labute approximate surface area is 394 Å². The Hall–Kier alpha value is -8.00. The second-order valence-electron chi connectivity index (χ2n) is 19.3. The van der Waals surface area contributed by atoms with E-state index in [4.69, 9.17) is 0 Å². The van der Waals surface area contributed by atoms with Gasteiger partial charge in [0.1, 0.15) is 0 Å². The number of nitrogens with zero attached hydrogens (tertiary/aromatic N) is 1. The standard InChI is InChI=1S/C66H49N/c1-64(2)54-30-16-14-28-52(54)62-57(64)33-19-35-60(62)67(61-36-20-34-58-63(61)53-29-15-17-31-55(53)65(58,3)46-21-7-4-8-22-46)49-40-37-44(38-41-49)45-39-42-51-50-27-13-18-32-56(50)66(59(51)43-45,47-23-9-5-10-24-47)48-25-11-6-12-26-48/h4-43H,1-3H3. The van der Waals surface area contributed by atoms with E-state index in [1.807, 2.05) is 0 Å². The van der Waals surface area contributed by atoms with Gasteiger partial charge in [0.25, 0.3) is 0 Å². The Morgan fingerprint density at radius 2 is 0.746 bits per heavy atom. The molecule has 0 heterocycles. The zero-order chi connectivity index (χ0) is 44.9. The van der Waals surface area contributed by atoms with Crippen molar-refractivity contribution in [2.24, 2.45) is 0 Å². The van der Waals surface area contributed by atoms with Crippen molar-refractivity contribution in [1.29, 1.82) is 0 Å². The van der Waals surface area contributed by atoms with Crippen LogP contribution in [0.5, 0.6) is 0 Å². The summed E-state index contributed by atoms with van der Waals surface area (Å²) in [5.74, 6) is 0. The topological polar surface area (TPSA) is 3.24 Å². The summed E-state index contributed by atoms with van der Waals surface area (Å²) in [6.45, 7) is 7.16. The highest BCUT2D eigenvalue weighted by atomic mass is 15.1. The predicted molar refractivity (Wildman–Crippen MR) is 279 cm³/mol. The second kappa shape index (κ2) is 14.8. The lowest BCUT2D eigenvalue weighted by Crippen LogP contribution is -2.28. The molecule has 10 aromatic rings. The lowest BCUT2D eigenvalue weighted by molar-refractivity contribution is 0.660. The third kappa shape index (κ3) is 5.49. The van der Waals surface area contributed by atoms with Crippen LogP contribution in [0.1, 0.15) is 70.8 Å². The van der Waals surface area contributed by atoms with Gasteiger partial charge >= 0.3 is 0 Å². The quantitative estimate of drug-likeness (QED) is 0.154. The van der Waals surface area contributed by atoms with E-state index in [0.717, 1.165) is 5.69 Å². The summed E-state index contributed by atoms with van der Waals surface area (Å²) in [5, 5.41) is 0. The molecule has 0 spiro atoms. The molecule has 0 aliphatic heterocycles. The third-order valence-corrected chi connectivity index (χ3v) is 15.7. The summed E-state index contributed by atoms with van der Waals surface area (Å²) in [4.78, 5) is 2.56. The van der Waals surface area contributed by atoms with Gasteiger partial charge in [-0.1, -0.05) is 226 Å². The Morgan fingerprint density at radius 1 is 0.299 bits per heavy atom. The number of benzene rings is 10. The molecule has 10 aromatic carbocycles. The van der Waals surface area contributed by atoms with Crippen LogP contribution in [0, 0.1) is 0 Å². The summed E-state index contributed by atoms with van der Waals surface area (Å²) in [6.07, 6.45) is 0. The number of fused-ring (bicyclic) bond motifs is 9. The maximum Gasteiger partial charge on any atom is 0.0713 e. The molecule has 3 aliphatic rings. The number of rotatable bonds is 7. The first-order chi connectivity index (χ1) is 32.9. The highest BCUT2D eigenvalue weighted by molar-refractivity contribution is 6.01. The van der Waals surface area contributed by atoms with Gasteiger partial charge in [-0.2, -0.15) is 0 Å². The van der Waals surface area contributed by atoms with Crippen molar-refractivity contribution in [3.05, 3.63) is 293 Å². The van der Waals surface area contributed by atoms with Crippen molar-refractivity contribution in [3.8, 4) is 44.5 Å². The van der Waals surface area contributed by atoms with Gasteiger partial charge in [0.2, 0.25) is 0 Å². The van der Waals surface area contributed by atoms with Gasteiger partial charge < -0.3 is 4.90 Å². The largest absolute Gasteiger partial charge is 0.309 e. The molecule has 13 rings (SSSR count). The van der Waals surface area contributed by atoms with Crippen LogP contribution in [0.4, 0.5) is 17.1 Å². The minimum absolute atomic E-state index is 0.142. The second-order valence-corrected chi connectivity index (χ2v) is 19.3. The molecule has 0 bridgehead atoms. The van der Waals surface area contributed by atoms with Crippen LogP contribution in [-0.4, -0.2) is 0 Å². The average molecular weight is 856 g/mol. The van der Waals surface area contributed by atoms with Gasteiger partial charge in [0.15, 0.2) is 0 Å². The van der Waals surface area contributed by atoms with E-state index in [1.165, 1.54) is 106 Å². The molecule has 0 fully saturated rings. The van der Waals surface area contributed by atoms with Crippen molar-refractivity contribution < 1.29 is 0 Å². The maximum absolute atomic E-state index is 2.56. The van der Waals surface area contributed by atoms with Crippen LogP contribution in [0.15, 0.2) is 243 Å². The first-order valence-electron chi connectivity index (χ1n) is 23.7. The highest BCUT2D eigenvalue weighted by Gasteiger charge is 2.47. The molecule has 1 unspecified atom stereocenters. The van der Waals surface area contributed by atoms with Crippen molar-refractivity contribution in [1.82, 2.24) is 0 Å². The molecule has 67 heavy (non-hydrogen) atoms. The normalized spacial score (nSPS) is 16.3. The van der Waals surface area contributed by atoms with Gasteiger partial charge in [0, 0.05) is 27.6 Å². The van der Waals surface area contributed by atoms with E-state index in [0.29, 0.717) is 0 Å². The molecule has 0 radical (unpaired) electrons. The van der Waals surface area contributed by atoms with Crippen LogP contribution < -0.4 is 4.90 Å². The molecule has 0 amide bonds. The SMILES string of the molecule is CC1(C)c2ccccc2-c2c(N(c3ccc(-c4ccc5c(c4)C(c4ccccc4)(c4ccccc4)c4ccccc4-5)cc3)c3cccc4c3-c3ccccc3C4(C)c3ccccc3)cccc21.